The van der Waals surface area contributed by atoms with Crippen molar-refractivity contribution < 1.29 is 9.90 Å². The molecule has 1 N–H and O–H groups in total. The van der Waals surface area contributed by atoms with E-state index in [0.29, 0.717) is 32.0 Å². The molecule has 29 heavy (non-hydrogen) atoms. The van der Waals surface area contributed by atoms with E-state index in [1.807, 2.05) is 13.0 Å². The van der Waals surface area contributed by atoms with E-state index in [4.69, 9.17) is 34.8 Å². The number of carbonyl (C=O) groups excluding carboxylic acids is 1. The maximum Gasteiger partial charge on any atom is 0.332 e. The summed E-state index contributed by atoms with van der Waals surface area (Å²) in [6, 6.07) is 20.5. The van der Waals surface area contributed by atoms with Crippen molar-refractivity contribution in [1.29, 1.82) is 0 Å². The van der Waals surface area contributed by atoms with Crippen LogP contribution in [-0.4, -0.2) is 17.4 Å². The van der Waals surface area contributed by atoms with Gasteiger partial charge in [0, 0.05) is 26.4 Å². The number of benzene rings is 3. The molecule has 3 aromatic rings. The maximum absolute atomic E-state index is 13.6. The average Bonchev–Trinajstić information content (AvgIpc) is 2.90. The lowest BCUT2D eigenvalue weighted by atomic mass is 9.89. The van der Waals surface area contributed by atoms with E-state index < -0.39 is 11.8 Å². The molecule has 0 radical (unpaired) electrons. The van der Waals surface area contributed by atoms with Crippen LogP contribution in [0.3, 0.4) is 0 Å². The highest BCUT2D eigenvalue weighted by Gasteiger charge is 2.56. The van der Waals surface area contributed by atoms with E-state index in [2.05, 4.69) is 0 Å². The Labute approximate surface area is 183 Å². The van der Waals surface area contributed by atoms with E-state index in [1.54, 1.807) is 71.6 Å². The monoisotopic (exact) mass is 446 g/mol. The van der Waals surface area contributed by atoms with Gasteiger partial charge in [-0.15, -0.1) is 0 Å². The Hall–Kier alpha value is -2.24. The number of amides is 2. The Balaban J connectivity index is 1.90. The average molecular weight is 448 g/mol. The van der Waals surface area contributed by atoms with Crippen molar-refractivity contribution in [3.05, 3.63) is 93.4 Å². The zero-order valence-corrected chi connectivity index (χ0v) is 17.7. The summed E-state index contributed by atoms with van der Waals surface area (Å²) in [5, 5.41) is 13.0. The lowest BCUT2D eigenvalue weighted by Crippen LogP contribution is -2.47. The Morgan fingerprint density at radius 1 is 0.828 bits per heavy atom. The summed E-state index contributed by atoms with van der Waals surface area (Å²) in [6.45, 7) is 1.81. The van der Waals surface area contributed by atoms with Crippen molar-refractivity contribution in [2.45, 2.75) is 18.7 Å². The van der Waals surface area contributed by atoms with Gasteiger partial charge in [0.1, 0.15) is 5.54 Å². The van der Waals surface area contributed by atoms with Crippen LogP contribution in [0.1, 0.15) is 12.5 Å². The van der Waals surface area contributed by atoms with Gasteiger partial charge >= 0.3 is 6.03 Å². The number of hydrogen-bond acceptors (Lipinski definition) is 2. The number of aliphatic hydroxyl groups excluding tert-OH is 1. The van der Waals surface area contributed by atoms with Gasteiger partial charge in [-0.3, -0.25) is 9.80 Å². The molecule has 4 nitrogen and oxygen atoms in total. The predicted octanol–water partition coefficient (Wildman–Crippen LogP) is 6.33. The molecule has 2 amide bonds. The number of aliphatic hydroxyl groups is 1. The van der Waals surface area contributed by atoms with Gasteiger partial charge in [0.2, 0.25) is 0 Å². The lowest BCUT2D eigenvalue weighted by molar-refractivity contribution is 0.119. The summed E-state index contributed by atoms with van der Waals surface area (Å²) >= 11 is 18.3. The second kappa shape index (κ2) is 7.54. The molecular formula is C22H17Cl3N2O2. The molecular weight excluding hydrogens is 431 g/mol. The summed E-state index contributed by atoms with van der Waals surface area (Å²) in [7, 11) is 0. The third-order valence-corrected chi connectivity index (χ3v) is 5.95. The summed E-state index contributed by atoms with van der Waals surface area (Å²) in [4.78, 5) is 16.5. The van der Waals surface area contributed by atoms with Crippen LogP contribution in [0.4, 0.5) is 16.2 Å². The number of rotatable bonds is 3. The number of nitrogens with zero attached hydrogens (tertiary/aromatic N) is 2. The van der Waals surface area contributed by atoms with Crippen LogP contribution >= 0.6 is 34.8 Å². The van der Waals surface area contributed by atoms with E-state index in [0.717, 1.165) is 0 Å². The Bertz CT molecular complexity index is 1060. The first-order chi connectivity index (χ1) is 13.8. The molecule has 0 aromatic heterocycles. The quantitative estimate of drug-likeness (QED) is 0.510. The fourth-order valence-electron chi connectivity index (χ4n) is 3.68. The van der Waals surface area contributed by atoms with Gasteiger partial charge in [-0.1, -0.05) is 46.9 Å². The van der Waals surface area contributed by atoms with Crippen molar-refractivity contribution in [2.75, 3.05) is 9.80 Å². The zero-order chi connectivity index (χ0) is 20.8. The van der Waals surface area contributed by atoms with Gasteiger partial charge in [0.05, 0.1) is 0 Å². The van der Waals surface area contributed by atoms with Crippen molar-refractivity contribution in [1.82, 2.24) is 0 Å². The van der Waals surface area contributed by atoms with Crippen LogP contribution < -0.4 is 9.80 Å². The molecule has 3 aromatic carbocycles. The molecule has 0 saturated carbocycles. The molecule has 1 heterocycles. The summed E-state index contributed by atoms with van der Waals surface area (Å²) < 4.78 is 0. The van der Waals surface area contributed by atoms with Crippen LogP contribution in [0.2, 0.25) is 15.1 Å². The van der Waals surface area contributed by atoms with E-state index in [-0.39, 0.29) is 6.03 Å². The second-order valence-corrected chi connectivity index (χ2v) is 8.28. The molecule has 1 fully saturated rings. The number of carbonyl (C=O) groups is 1. The molecule has 0 bridgehead atoms. The minimum atomic E-state index is -1.18. The number of anilines is 2. The number of halogens is 3. The van der Waals surface area contributed by atoms with Gasteiger partial charge in [-0.25, -0.2) is 4.79 Å². The largest absolute Gasteiger partial charge is 0.370 e. The fraction of sp³-hybridized carbons (Fsp3) is 0.136. The summed E-state index contributed by atoms with van der Waals surface area (Å²) in [5.74, 6) is 0. The standard InChI is InChI=1S/C22H17Cl3N2O2/c1-22(14-3-2-4-17(25)13-14)20(28)26(18-9-5-15(23)6-10-18)21(29)27(22)19-11-7-16(24)8-12-19/h2-13,20,28H,1H3/t20?,22-/m0/s1. The van der Waals surface area contributed by atoms with Crippen molar-refractivity contribution in [2.24, 2.45) is 0 Å². The Morgan fingerprint density at radius 3 is 1.93 bits per heavy atom. The molecule has 0 spiro atoms. The van der Waals surface area contributed by atoms with Crippen LogP contribution in [0.25, 0.3) is 0 Å². The molecule has 1 saturated heterocycles. The number of hydrogen-bond donors (Lipinski definition) is 1. The Morgan fingerprint density at radius 2 is 1.38 bits per heavy atom. The van der Waals surface area contributed by atoms with E-state index >= 15 is 0 Å². The van der Waals surface area contributed by atoms with Crippen LogP contribution in [0.15, 0.2) is 72.8 Å². The SMILES string of the molecule is C[C@]1(c2cccc(Cl)c2)C(O)N(c2ccc(Cl)cc2)C(=O)N1c1ccc(Cl)cc1. The third kappa shape index (κ3) is 3.36. The molecule has 1 aliphatic rings. The molecule has 4 rings (SSSR count). The van der Waals surface area contributed by atoms with Crippen molar-refractivity contribution in [3.63, 3.8) is 0 Å². The highest BCUT2D eigenvalue weighted by molar-refractivity contribution is 6.31. The first-order valence-corrected chi connectivity index (χ1v) is 10.0. The van der Waals surface area contributed by atoms with E-state index in [1.165, 1.54) is 4.90 Å². The third-order valence-electron chi connectivity index (χ3n) is 5.21. The minimum absolute atomic E-state index is 0.371. The van der Waals surface area contributed by atoms with Gasteiger partial charge < -0.3 is 5.11 Å². The first-order valence-electron chi connectivity index (χ1n) is 8.91. The smallest absolute Gasteiger partial charge is 0.332 e. The highest BCUT2D eigenvalue weighted by atomic mass is 35.5. The molecule has 7 heteroatoms. The van der Waals surface area contributed by atoms with Gasteiger partial charge in [0.15, 0.2) is 6.23 Å². The van der Waals surface area contributed by atoms with Crippen LogP contribution in [0.5, 0.6) is 0 Å². The van der Waals surface area contributed by atoms with Crippen molar-refractivity contribution >= 4 is 52.2 Å². The molecule has 1 aliphatic heterocycles. The van der Waals surface area contributed by atoms with Gasteiger partial charge in [0.25, 0.3) is 0 Å². The second-order valence-electron chi connectivity index (χ2n) is 6.97. The fourth-order valence-corrected chi connectivity index (χ4v) is 4.12. The Kier molecular flexibility index (Phi) is 5.21. The highest BCUT2D eigenvalue weighted by Crippen LogP contribution is 2.45. The lowest BCUT2D eigenvalue weighted by Gasteiger charge is -2.36. The summed E-state index contributed by atoms with van der Waals surface area (Å²) in [5.41, 5.74) is 0.751. The predicted molar refractivity (Wildman–Crippen MR) is 118 cm³/mol. The van der Waals surface area contributed by atoms with Crippen molar-refractivity contribution in [3.8, 4) is 0 Å². The summed E-state index contributed by atoms with van der Waals surface area (Å²) in [6.07, 6.45) is -1.18. The van der Waals surface area contributed by atoms with Crippen LogP contribution in [0, 0.1) is 0 Å². The van der Waals surface area contributed by atoms with Gasteiger partial charge in [-0.05, 0) is 73.2 Å². The topological polar surface area (TPSA) is 43.8 Å². The molecule has 1 unspecified atom stereocenters. The zero-order valence-electron chi connectivity index (χ0n) is 15.4. The first kappa shape index (κ1) is 20.0. The van der Waals surface area contributed by atoms with Crippen LogP contribution in [-0.2, 0) is 5.54 Å². The molecule has 0 aliphatic carbocycles. The van der Waals surface area contributed by atoms with E-state index in [9.17, 15) is 9.90 Å². The van der Waals surface area contributed by atoms with Gasteiger partial charge in [-0.2, -0.15) is 0 Å². The minimum Gasteiger partial charge on any atom is -0.370 e. The molecule has 2 atom stereocenters. The maximum atomic E-state index is 13.6. The molecule has 148 valence electrons. The number of urea groups is 1. The normalized spacial score (nSPS) is 21.7.